The molecule has 25 heavy (non-hydrogen) atoms. The number of benzene rings is 1. The molecule has 2 N–H and O–H groups in total. The van der Waals surface area contributed by atoms with Gasteiger partial charge in [0.05, 0.1) is 13.7 Å². The predicted molar refractivity (Wildman–Crippen MR) is 117 cm³/mol. The molecule has 5 nitrogen and oxygen atoms in total. The van der Waals surface area contributed by atoms with Crippen molar-refractivity contribution in [1.29, 1.82) is 0 Å². The third-order valence-electron chi connectivity index (χ3n) is 3.55. The highest BCUT2D eigenvalue weighted by Gasteiger charge is 2.09. The normalized spacial score (nSPS) is 12.1. The highest BCUT2D eigenvalue weighted by molar-refractivity contribution is 14.0. The van der Waals surface area contributed by atoms with Gasteiger partial charge in [0.1, 0.15) is 0 Å². The first-order valence-electron chi connectivity index (χ1n) is 7.99. The maximum atomic E-state index is 5.54. The monoisotopic (exact) mass is 475 g/mol. The highest BCUT2D eigenvalue weighted by Crippen LogP contribution is 2.30. The molecule has 1 aromatic carbocycles. The zero-order chi connectivity index (χ0) is 17.4. The number of rotatable bonds is 7. The van der Waals surface area contributed by atoms with E-state index >= 15 is 0 Å². The van der Waals surface area contributed by atoms with Crippen molar-refractivity contribution in [2.24, 2.45) is 4.99 Å². The van der Waals surface area contributed by atoms with Crippen LogP contribution in [0, 0.1) is 0 Å². The van der Waals surface area contributed by atoms with Gasteiger partial charge in [0, 0.05) is 36.1 Å². The smallest absolute Gasteiger partial charge is 0.195 e. The Morgan fingerprint density at radius 1 is 1.28 bits per heavy atom. The van der Waals surface area contributed by atoms with Crippen LogP contribution in [0.3, 0.4) is 0 Å². The summed E-state index contributed by atoms with van der Waals surface area (Å²) in [5, 5.41) is 8.74. The van der Waals surface area contributed by atoms with E-state index in [9.17, 15) is 0 Å². The number of ether oxygens (including phenoxy) is 2. The van der Waals surface area contributed by atoms with Crippen molar-refractivity contribution in [2.45, 2.75) is 19.8 Å². The molecule has 1 unspecified atom stereocenters. The molecule has 138 valence electrons. The summed E-state index contributed by atoms with van der Waals surface area (Å²) in [5.41, 5.74) is 0.896. The van der Waals surface area contributed by atoms with Gasteiger partial charge in [-0.1, -0.05) is 13.0 Å². The largest absolute Gasteiger partial charge is 0.493 e. The summed E-state index contributed by atoms with van der Waals surface area (Å²) >= 11 is 1.77. The van der Waals surface area contributed by atoms with Crippen LogP contribution in [0.5, 0.6) is 11.5 Å². The van der Waals surface area contributed by atoms with E-state index in [1.807, 2.05) is 25.1 Å². The fourth-order valence-electron chi connectivity index (χ4n) is 2.26. The second-order valence-corrected chi connectivity index (χ2v) is 6.27. The molecule has 0 saturated carbocycles. The Morgan fingerprint density at radius 3 is 2.68 bits per heavy atom. The number of methoxy groups -OCH3 is 1. The standard InChI is InChI=1S/C18H25N3O2S.HI/c1-5-23-15-9-8-14(11-16(15)22-4)21-18(19-3)20-12-13(2)17-7-6-10-24-17;/h6-11,13H,5,12H2,1-4H3,(H2,19,20,21);1H. The Hall–Kier alpha value is -1.48. The molecule has 0 saturated heterocycles. The molecule has 0 bridgehead atoms. The number of hydrogen-bond acceptors (Lipinski definition) is 4. The Bertz CT molecular complexity index is 662. The summed E-state index contributed by atoms with van der Waals surface area (Å²) in [6.45, 7) is 5.57. The molecule has 0 amide bonds. The molecule has 0 radical (unpaired) electrons. The number of nitrogens with zero attached hydrogens (tertiary/aromatic N) is 1. The van der Waals surface area contributed by atoms with E-state index in [0.29, 0.717) is 18.3 Å². The predicted octanol–water partition coefficient (Wildman–Crippen LogP) is 4.56. The molecule has 2 aromatic rings. The van der Waals surface area contributed by atoms with Crippen LogP contribution in [-0.4, -0.2) is 33.3 Å². The minimum absolute atomic E-state index is 0. The van der Waals surface area contributed by atoms with Crippen molar-refractivity contribution < 1.29 is 9.47 Å². The van der Waals surface area contributed by atoms with Crippen LogP contribution in [0.15, 0.2) is 40.7 Å². The fourth-order valence-corrected chi connectivity index (χ4v) is 3.05. The molecule has 0 spiro atoms. The van der Waals surface area contributed by atoms with Crippen LogP contribution in [-0.2, 0) is 0 Å². The summed E-state index contributed by atoms with van der Waals surface area (Å²) in [6, 6.07) is 9.98. The average Bonchev–Trinajstić information content (AvgIpc) is 3.14. The fraction of sp³-hybridized carbons (Fsp3) is 0.389. The van der Waals surface area contributed by atoms with Gasteiger partial charge in [0.15, 0.2) is 17.5 Å². The lowest BCUT2D eigenvalue weighted by Crippen LogP contribution is -2.33. The van der Waals surface area contributed by atoms with Gasteiger partial charge in [-0.2, -0.15) is 0 Å². The van der Waals surface area contributed by atoms with Gasteiger partial charge in [-0.05, 0) is 30.5 Å². The van der Waals surface area contributed by atoms with Gasteiger partial charge in [0.25, 0.3) is 0 Å². The van der Waals surface area contributed by atoms with Crippen molar-refractivity contribution in [2.75, 3.05) is 32.6 Å². The lowest BCUT2D eigenvalue weighted by atomic mass is 10.1. The quantitative estimate of drug-likeness (QED) is 0.350. The zero-order valence-corrected chi connectivity index (χ0v) is 18.2. The molecule has 1 heterocycles. The van der Waals surface area contributed by atoms with Gasteiger partial charge in [-0.3, -0.25) is 4.99 Å². The minimum Gasteiger partial charge on any atom is -0.493 e. The van der Waals surface area contributed by atoms with E-state index in [2.05, 4.69) is 40.1 Å². The van der Waals surface area contributed by atoms with Crippen molar-refractivity contribution in [3.63, 3.8) is 0 Å². The van der Waals surface area contributed by atoms with Crippen LogP contribution in [0.25, 0.3) is 0 Å². The number of hydrogen-bond donors (Lipinski definition) is 2. The number of guanidine groups is 1. The van der Waals surface area contributed by atoms with Gasteiger partial charge < -0.3 is 20.1 Å². The molecule has 0 aliphatic rings. The maximum Gasteiger partial charge on any atom is 0.195 e. The van der Waals surface area contributed by atoms with Gasteiger partial charge in [0.2, 0.25) is 0 Å². The topological polar surface area (TPSA) is 54.9 Å². The number of nitrogens with one attached hydrogen (secondary N) is 2. The summed E-state index contributed by atoms with van der Waals surface area (Å²) in [7, 11) is 3.40. The van der Waals surface area contributed by atoms with Crippen molar-refractivity contribution in [1.82, 2.24) is 5.32 Å². The molecule has 0 fully saturated rings. The van der Waals surface area contributed by atoms with Gasteiger partial charge >= 0.3 is 0 Å². The Balaban J connectivity index is 0.00000312. The first-order chi connectivity index (χ1) is 11.7. The molecular formula is C18H26IN3O2S. The third-order valence-corrected chi connectivity index (χ3v) is 4.66. The number of halogens is 1. The molecule has 0 aliphatic heterocycles. The summed E-state index contributed by atoms with van der Waals surface area (Å²) < 4.78 is 10.9. The first-order valence-corrected chi connectivity index (χ1v) is 8.87. The molecule has 1 atom stereocenters. The van der Waals surface area contributed by atoms with Crippen LogP contribution >= 0.6 is 35.3 Å². The van der Waals surface area contributed by atoms with E-state index in [0.717, 1.165) is 23.9 Å². The lowest BCUT2D eigenvalue weighted by Gasteiger charge is -2.16. The summed E-state index contributed by atoms with van der Waals surface area (Å²) in [4.78, 5) is 5.64. The first kappa shape index (κ1) is 21.6. The Kier molecular flexibility index (Phi) is 9.66. The second kappa shape index (κ2) is 11.2. The molecule has 7 heteroatoms. The van der Waals surface area contributed by atoms with Crippen LogP contribution in [0.4, 0.5) is 5.69 Å². The summed E-state index contributed by atoms with van der Waals surface area (Å²) in [6.07, 6.45) is 0. The number of anilines is 1. The third kappa shape index (κ3) is 6.39. The zero-order valence-electron chi connectivity index (χ0n) is 15.0. The van der Waals surface area contributed by atoms with Crippen LogP contribution in [0.2, 0.25) is 0 Å². The number of thiophene rings is 1. The minimum atomic E-state index is 0. The maximum absolute atomic E-state index is 5.54. The van der Waals surface area contributed by atoms with E-state index in [1.165, 1.54) is 4.88 Å². The Labute approximate surface area is 170 Å². The SMILES string of the molecule is CCOc1ccc(NC(=NC)NCC(C)c2cccs2)cc1OC.I. The van der Waals surface area contributed by atoms with E-state index in [-0.39, 0.29) is 24.0 Å². The van der Waals surface area contributed by atoms with Crippen molar-refractivity contribution in [3.05, 3.63) is 40.6 Å². The van der Waals surface area contributed by atoms with Gasteiger partial charge in [-0.15, -0.1) is 35.3 Å². The summed E-state index contributed by atoms with van der Waals surface area (Å²) in [5.74, 6) is 2.59. The molecule has 2 rings (SSSR count). The molecule has 1 aromatic heterocycles. The lowest BCUT2D eigenvalue weighted by molar-refractivity contribution is 0.311. The van der Waals surface area contributed by atoms with Crippen LogP contribution < -0.4 is 20.1 Å². The second-order valence-electron chi connectivity index (χ2n) is 5.29. The average molecular weight is 475 g/mol. The highest BCUT2D eigenvalue weighted by atomic mass is 127. The van der Waals surface area contributed by atoms with Gasteiger partial charge in [-0.25, -0.2) is 0 Å². The molecule has 0 aliphatic carbocycles. The number of aliphatic imine (C=N–C) groups is 1. The molecular weight excluding hydrogens is 449 g/mol. The van der Waals surface area contributed by atoms with E-state index < -0.39 is 0 Å². The van der Waals surface area contributed by atoms with Crippen molar-refractivity contribution in [3.8, 4) is 11.5 Å². The van der Waals surface area contributed by atoms with Crippen LogP contribution in [0.1, 0.15) is 24.6 Å². The van der Waals surface area contributed by atoms with Crippen molar-refractivity contribution >= 4 is 47.0 Å². The van der Waals surface area contributed by atoms with E-state index in [1.54, 1.807) is 25.5 Å². The van der Waals surface area contributed by atoms with E-state index in [4.69, 9.17) is 9.47 Å². The Morgan fingerprint density at radius 2 is 2.08 bits per heavy atom.